The van der Waals surface area contributed by atoms with Crippen molar-refractivity contribution in [1.82, 2.24) is 10.2 Å². The minimum absolute atomic E-state index is 0.141. The second kappa shape index (κ2) is 5.46. The van der Waals surface area contributed by atoms with Crippen LogP contribution in [0.25, 0.3) is 0 Å². The van der Waals surface area contributed by atoms with Crippen LogP contribution < -0.4 is 5.32 Å². The van der Waals surface area contributed by atoms with Gasteiger partial charge in [-0.15, -0.1) is 11.3 Å². The number of carbonyl (C=O) groups is 1. The first-order chi connectivity index (χ1) is 7.77. The molecule has 0 spiro atoms. The maximum absolute atomic E-state index is 12.0. The molecule has 0 radical (unpaired) electrons. The molecule has 1 fully saturated rings. The predicted octanol–water partition coefficient (Wildman–Crippen LogP) is 1.96. The minimum Gasteiger partial charge on any atom is -0.339 e. The van der Waals surface area contributed by atoms with Crippen molar-refractivity contribution in [3.63, 3.8) is 0 Å². The normalized spacial score (nSPS) is 20.7. The summed E-state index contributed by atoms with van der Waals surface area (Å²) in [4.78, 5) is 14.6. The van der Waals surface area contributed by atoms with Gasteiger partial charge in [-0.2, -0.15) is 0 Å². The van der Waals surface area contributed by atoms with Gasteiger partial charge in [-0.05, 0) is 30.8 Å². The molecule has 1 aliphatic rings. The lowest BCUT2D eigenvalue weighted by atomic mass is 10.0. The van der Waals surface area contributed by atoms with E-state index in [1.807, 2.05) is 29.5 Å². The SMILES string of the molecule is CN(C[C@H]1CCCCN1)C(=O)c1cccs1. The first-order valence-electron chi connectivity index (χ1n) is 5.80. The summed E-state index contributed by atoms with van der Waals surface area (Å²) in [7, 11) is 1.89. The van der Waals surface area contributed by atoms with E-state index in [1.54, 1.807) is 0 Å². The molecule has 0 saturated carbocycles. The van der Waals surface area contributed by atoms with E-state index in [0.29, 0.717) is 6.04 Å². The number of hydrogen-bond donors (Lipinski definition) is 1. The number of thiophene rings is 1. The Balaban J connectivity index is 1.87. The van der Waals surface area contributed by atoms with Gasteiger partial charge in [0, 0.05) is 19.6 Å². The molecule has 1 saturated heterocycles. The minimum atomic E-state index is 0.141. The summed E-state index contributed by atoms with van der Waals surface area (Å²) in [6.45, 7) is 1.91. The monoisotopic (exact) mass is 238 g/mol. The summed E-state index contributed by atoms with van der Waals surface area (Å²) in [5.41, 5.74) is 0. The fraction of sp³-hybridized carbons (Fsp3) is 0.583. The van der Waals surface area contributed by atoms with Crippen molar-refractivity contribution in [2.75, 3.05) is 20.1 Å². The molecule has 1 aliphatic heterocycles. The number of nitrogens with one attached hydrogen (secondary N) is 1. The maximum Gasteiger partial charge on any atom is 0.263 e. The third-order valence-electron chi connectivity index (χ3n) is 2.99. The summed E-state index contributed by atoms with van der Waals surface area (Å²) in [5.74, 6) is 0.141. The van der Waals surface area contributed by atoms with Crippen LogP contribution in [0.4, 0.5) is 0 Å². The molecule has 0 unspecified atom stereocenters. The lowest BCUT2D eigenvalue weighted by Gasteiger charge is -2.28. The van der Waals surface area contributed by atoms with Crippen molar-refractivity contribution >= 4 is 17.2 Å². The van der Waals surface area contributed by atoms with Crippen LogP contribution in [0.3, 0.4) is 0 Å². The zero-order chi connectivity index (χ0) is 11.4. The Morgan fingerprint density at radius 3 is 3.12 bits per heavy atom. The highest BCUT2D eigenvalue weighted by molar-refractivity contribution is 7.12. The molecule has 2 rings (SSSR count). The molecule has 2 heterocycles. The summed E-state index contributed by atoms with van der Waals surface area (Å²) >= 11 is 1.51. The van der Waals surface area contributed by atoms with Crippen LogP contribution >= 0.6 is 11.3 Å². The van der Waals surface area contributed by atoms with Gasteiger partial charge in [-0.3, -0.25) is 4.79 Å². The average Bonchev–Trinajstić information content (AvgIpc) is 2.83. The Bertz CT molecular complexity index is 331. The Morgan fingerprint density at radius 1 is 1.62 bits per heavy atom. The number of carbonyl (C=O) groups excluding carboxylic acids is 1. The van der Waals surface area contributed by atoms with Crippen LogP contribution in [0, 0.1) is 0 Å². The van der Waals surface area contributed by atoms with Gasteiger partial charge in [-0.1, -0.05) is 12.5 Å². The first kappa shape index (κ1) is 11.6. The zero-order valence-corrected chi connectivity index (χ0v) is 10.4. The van der Waals surface area contributed by atoms with Crippen LogP contribution in [-0.2, 0) is 0 Å². The summed E-state index contributed by atoms with van der Waals surface area (Å²) in [6, 6.07) is 4.28. The first-order valence-corrected chi connectivity index (χ1v) is 6.67. The Morgan fingerprint density at radius 2 is 2.50 bits per heavy atom. The Labute approximate surface area is 100 Å². The van der Waals surface area contributed by atoms with Gasteiger partial charge in [0.25, 0.3) is 5.91 Å². The lowest BCUT2D eigenvalue weighted by Crippen LogP contribution is -2.44. The molecule has 4 heteroatoms. The van der Waals surface area contributed by atoms with Crippen LogP contribution in [0.1, 0.15) is 28.9 Å². The van der Waals surface area contributed by atoms with E-state index >= 15 is 0 Å². The molecule has 0 aromatic carbocycles. The molecule has 1 atom stereocenters. The molecule has 16 heavy (non-hydrogen) atoms. The molecular formula is C12H18N2OS. The molecule has 0 aliphatic carbocycles. The van der Waals surface area contributed by atoms with Gasteiger partial charge in [0.05, 0.1) is 4.88 Å². The molecule has 1 amide bonds. The third kappa shape index (κ3) is 2.83. The lowest BCUT2D eigenvalue weighted by molar-refractivity contribution is 0.0780. The fourth-order valence-corrected chi connectivity index (χ4v) is 2.80. The summed E-state index contributed by atoms with van der Waals surface area (Å²) < 4.78 is 0. The second-order valence-electron chi connectivity index (χ2n) is 4.31. The number of likely N-dealkylation sites (N-methyl/N-ethyl adjacent to an activating group) is 1. The smallest absolute Gasteiger partial charge is 0.263 e. The van der Waals surface area contributed by atoms with E-state index in [0.717, 1.165) is 18.0 Å². The Kier molecular flexibility index (Phi) is 3.96. The van der Waals surface area contributed by atoms with Gasteiger partial charge >= 0.3 is 0 Å². The van der Waals surface area contributed by atoms with Crippen LogP contribution in [0.15, 0.2) is 17.5 Å². The zero-order valence-electron chi connectivity index (χ0n) is 9.61. The van der Waals surface area contributed by atoms with Crippen molar-refractivity contribution in [2.24, 2.45) is 0 Å². The molecule has 1 N–H and O–H groups in total. The molecule has 3 nitrogen and oxygen atoms in total. The molecule has 88 valence electrons. The number of piperidine rings is 1. The van der Waals surface area contributed by atoms with Gasteiger partial charge in [-0.25, -0.2) is 0 Å². The molecule has 1 aromatic heterocycles. The van der Waals surface area contributed by atoms with E-state index in [-0.39, 0.29) is 5.91 Å². The van der Waals surface area contributed by atoms with Crippen LogP contribution in [-0.4, -0.2) is 37.0 Å². The fourth-order valence-electron chi connectivity index (χ4n) is 2.08. The van der Waals surface area contributed by atoms with Crippen molar-refractivity contribution in [2.45, 2.75) is 25.3 Å². The quantitative estimate of drug-likeness (QED) is 0.873. The van der Waals surface area contributed by atoms with E-state index < -0.39 is 0 Å². The maximum atomic E-state index is 12.0. The topological polar surface area (TPSA) is 32.3 Å². The highest BCUT2D eigenvalue weighted by Gasteiger charge is 2.18. The molecule has 1 aromatic rings. The van der Waals surface area contributed by atoms with E-state index in [9.17, 15) is 4.79 Å². The van der Waals surface area contributed by atoms with Crippen molar-refractivity contribution in [1.29, 1.82) is 0 Å². The number of amides is 1. The highest BCUT2D eigenvalue weighted by atomic mass is 32.1. The van der Waals surface area contributed by atoms with Gasteiger partial charge in [0.2, 0.25) is 0 Å². The largest absolute Gasteiger partial charge is 0.339 e. The predicted molar refractivity (Wildman–Crippen MR) is 66.9 cm³/mol. The van der Waals surface area contributed by atoms with Crippen molar-refractivity contribution in [3.8, 4) is 0 Å². The third-order valence-corrected chi connectivity index (χ3v) is 3.84. The molecular weight excluding hydrogens is 220 g/mol. The van der Waals surface area contributed by atoms with Gasteiger partial charge in [0.15, 0.2) is 0 Å². The van der Waals surface area contributed by atoms with Crippen LogP contribution in [0.2, 0.25) is 0 Å². The molecule has 0 bridgehead atoms. The van der Waals surface area contributed by atoms with Crippen molar-refractivity contribution < 1.29 is 4.79 Å². The van der Waals surface area contributed by atoms with E-state index in [4.69, 9.17) is 0 Å². The number of nitrogens with zero attached hydrogens (tertiary/aromatic N) is 1. The van der Waals surface area contributed by atoms with E-state index in [1.165, 1.54) is 30.6 Å². The standard InChI is InChI=1S/C12H18N2OS/c1-14(9-10-5-2-3-7-13-10)12(15)11-6-4-8-16-11/h4,6,8,10,13H,2-3,5,7,9H2,1H3/t10-/m1/s1. The highest BCUT2D eigenvalue weighted by Crippen LogP contribution is 2.13. The van der Waals surface area contributed by atoms with Gasteiger partial charge < -0.3 is 10.2 Å². The van der Waals surface area contributed by atoms with Gasteiger partial charge in [0.1, 0.15) is 0 Å². The summed E-state index contributed by atoms with van der Waals surface area (Å²) in [5, 5.41) is 5.40. The Hall–Kier alpha value is -0.870. The summed E-state index contributed by atoms with van der Waals surface area (Å²) in [6.07, 6.45) is 3.72. The van der Waals surface area contributed by atoms with Crippen molar-refractivity contribution in [3.05, 3.63) is 22.4 Å². The second-order valence-corrected chi connectivity index (χ2v) is 5.26. The number of hydrogen-bond acceptors (Lipinski definition) is 3. The number of rotatable bonds is 3. The van der Waals surface area contributed by atoms with E-state index in [2.05, 4.69) is 5.32 Å². The van der Waals surface area contributed by atoms with Crippen LogP contribution in [0.5, 0.6) is 0 Å². The average molecular weight is 238 g/mol.